The standard InChI is InChI=1S/C24H23N3O5S/c1-2-32-22-15-9-7-13-19(22)25-23(28)16-21-24(29)26-18-12-6-8-14-20(18)27(21)33(30,31)17-10-4-3-5-11-17/h3-15,21H,2,16H2,1H3,(H,25,28)(H,26,29)/t21-/m1/s1. The Kier molecular flexibility index (Phi) is 6.32. The molecule has 0 radical (unpaired) electrons. The molecule has 33 heavy (non-hydrogen) atoms. The number of amides is 2. The number of rotatable bonds is 7. The lowest BCUT2D eigenvalue weighted by atomic mass is 10.1. The summed E-state index contributed by atoms with van der Waals surface area (Å²) in [5, 5.41) is 5.45. The van der Waals surface area contributed by atoms with Crippen molar-refractivity contribution < 1.29 is 22.7 Å². The summed E-state index contributed by atoms with van der Waals surface area (Å²) < 4.78 is 33.7. The van der Waals surface area contributed by atoms with Crippen molar-refractivity contribution in [3.8, 4) is 5.75 Å². The number of para-hydroxylation sites is 4. The summed E-state index contributed by atoms with van der Waals surface area (Å²) in [6.45, 7) is 2.24. The van der Waals surface area contributed by atoms with Gasteiger partial charge in [0.15, 0.2) is 0 Å². The van der Waals surface area contributed by atoms with Gasteiger partial charge in [0.05, 0.1) is 35.0 Å². The van der Waals surface area contributed by atoms with Gasteiger partial charge in [0.1, 0.15) is 11.8 Å². The van der Waals surface area contributed by atoms with E-state index < -0.39 is 27.9 Å². The fourth-order valence-electron chi connectivity index (χ4n) is 3.67. The highest BCUT2D eigenvalue weighted by Crippen LogP contribution is 2.37. The minimum absolute atomic E-state index is 0.0293. The molecule has 0 fully saturated rings. The van der Waals surface area contributed by atoms with E-state index in [2.05, 4.69) is 10.6 Å². The monoisotopic (exact) mass is 465 g/mol. The summed E-state index contributed by atoms with van der Waals surface area (Å²) in [7, 11) is -4.12. The van der Waals surface area contributed by atoms with E-state index >= 15 is 0 Å². The van der Waals surface area contributed by atoms with Gasteiger partial charge in [-0.25, -0.2) is 8.42 Å². The molecule has 2 amide bonds. The molecule has 0 spiro atoms. The van der Waals surface area contributed by atoms with Crippen LogP contribution in [-0.4, -0.2) is 32.9 Å². The van der Waals surface area contributed by atoms with Crippen molar-refractivity contribution in [2.75, 3.05) is 21.5 Å². The fourth-order valence-corrected chi connectivity index (χ4v) is 5.32. The minimum Gasteiger partial charge on any atom is -0.492 e. The topological polar surface area (TPSA) is 105 Å². The average molecular weight is 466 g/mol. The van der Waals surface area contributed by atoms with Crippen LogP contribution in [0.5, 0.6) is 5.75 Å². The Balaban J connectivity index is 1.69. The van der Waals surface area contributed by atoms with Crippen molar-refractivity contribution in [2.45, 2.75) is 24.3 Å². The number of sulfonamides is 1. The SMILES string of the molecule is CCOc1ccccc1NC(=O)C[C@@H]1C(=O)Nc2ccccc2N1S(=O)(=O)c1ccccc1. The molecule has 3 aromatic carbocycles. The first kappa shape index (κ1) is 22.3. The molecule has 1 aliphatic heterocycles. The van der Waals surface area contributed by atoms with Crippen LogP contribution in [0, 0.1) is 0 Å². The summed E-state index contributed by atoms with van der Waals surface area (Å²) in [6.07, 6.45) is -0.382. The third-order valence-electron chi connectivity index (χ3n) is 5.12. The lowest BCUT2D eigenvalue weighted by Gasteiger charge is -2.36. The van der Waals surface area contributed by atoms with Gasteiger partial charge in [-0.2, -0.15) is 0 Å². The zero-order valence-electron chi connectivity index (χ0n) is 17.9. The molecule has 0 aromatic heterocycles. The van der Waals surface area contributed by atoms with E-state index in [-0.39, 0.29) is 11.3 Å². The highest BCUT2D eigenvalue weighted by molar-refractivity contribution is 7.93. The van der Waals surface area contributed by atoms with Crippen molar-refractivity contribution in [2.24, 2.45) is 0 Å². The number of benzene rings is 3. The van der Waals surface area contributed by atoms with E-state index in [4.69, 9.17) is 4.74 Å². The molecule has 1 atom stereocenters. The van der Waals surface area contributed by atoms with E-state index in [1.165, 1.54) is 12.1 Å². The number of carbonyl (C=O) groups is 2. The molecule has 9 heteroatoms. The van der Waals surface area contributed by atoms with E-state index in [1.54, 1.807) is 66.7 Å². The van der Waals surface area contributed by atoms with Crippen molar-refractivity contribution in [1.82, 2.24) is 0 Å². The molecule has 0 bridgehead atoms. The second kappa shape index (κ2) is 9.33. The number of nitrogens with one attached hydrogen (secondary N) is 2. The van der Waals surface area contributed by atoms with Gasteiger partial charge >= 0.3 is 0 Å². The van der Waals surface area contributed by atoms with Gasteiger partial charge in [-0.05, 0) is 43.3 Å². The van der Waals surface area contributed by atoms with Crippen LogP contribution in [0.4, 0.5) is 17.1 Å². The van der Waals surface area contributed by atoms with Crippen molar-refractivity contribution in [3.63, 3.8) is 0 Å². The first-order chi connectivity index (χ1) is 15.9. The third-order valence-corrected chi connectivity index (χ3v) is 6.96. The maximum absolute atomic E-state index is 13.6. The number of ether oxygens (including phenoxy) is 1. The van der Waals surface area contributed by atoms with Crippen LogP contribution in [0.15, 0.2) is 83.8 Å². The predicted molar refractivity (Wildman–Crippen MR) is 126 cm³/mol. The Morgan fingerprint density at radius 3 is 2.42 bits per heavy atom. The van der Waals surface area contributed by atoms with Crippen molar-refractivity contribution >= 4 is 38.9 Å². The minimum atomic E-state index is -4.12. The lowest BCUT2D eigenvalue weighted by molar-refractivity contribution is -0.122. The maximum atomic E-state index is 13.6. The van der Waals surface area contributed by atoms with Crippen LogP contribution in [-0.2, 0) is 19.6 Å². The van der Waals surface area contributed by atoms with Crippen LogP contribution in [0.3, 0.4) is 0 Å². The van der Waals surface area contributed by atoms with Crippen molar-refractivity contribution in [3.05, 3.63) is 78.9 Å². The molecule has 0 aliphatic carbocycles. The Morgan fingerprint density at radius 1 is 1.00 bits per heavy atom. The molecule has 0 unspecified atom stereocenters. The molecule has 1 heterocycles. The highest BCUT2D eigenvalue weighted by atomic mass is 32.2. The Hall–Kier alpha value is -3.85. The van der Waals surface area contributed by atoms with Gasteiger partial charge in [0.25, 0.3) is 10.0 Å². The van der Waals surface area contributed by atoms with Crippen molar-refractivity contribution in [1.29, 1.82) is 0 Å². The summed E-state index contributed by atoms with van der Waals surface area (Å²) in [6, 6.07) is 20.1. The highest BCUT2D eigenvalue weighted by Gasteiger charge is 2.42. The smallest absolute Gasteiger partial charge is 0.265 e. The lowest BCUT2D eigenvalue weighted by Crippen LogP contribution is -2.52. The molecule has 1 aliphatic rings. The van der Waals surface area contributed by atoms with Crippen LogP contribution < -0.4 is 19.7 Å². The Bertz CT molecular complexity index is 1280. The average Bonchev–Trinajstić information content (AvgIpc) is 2.81. The third kappa shape index (κ3) is 4.54. The summed E-state index contributed by atoms with van der Waals surface area (Å²) in [4.78, 5) is 25.9. The zero-order chi connectivity index (χ0) is 23.4. The van der Waals surface area contributed by atoms with E-state index in [1.807, 2.05) is 6.92 Å². The van der Waals surface area contributed by atoms with Gasteiger partial charge in [-0.1, -0.05) is 42.5 Å². The zero-order valence-corrected chi connectivity index (χ0v) is 18.7. The number of nitrogens with zero attached hydrogens (tertiary/aromatic N) is 1. The largest absolute Gasteiger partial charge is 0.492 e. The molecule has 170 valence electrons. The normalized spacial score (nSPS) is 15.4. The predicted octanol–water partition coefficient (Wildman–Crippen LogP) is 3.63. The van der Waals surface area contributed by atoms with Gasteiger partial charge in [0, 0.05) is 0 Å². The molecule has 0 saturated carbocycles. The number of fused-ring (bicyclic) bond motifs is 1. The number of hydrogen-bond acceptors (Lipinski definition) is 5. The van der Waals surface area contributed by atoms with E-state index in [0.717, 1.165) is 4.31 Å². The van der Waals surface area contributed by atoms with Crippen LogP contribution >= 0.6 is 0 Å². The molecule has 8 nitrogen and oxygen atoms in total. The fraction of sp³-hybridized carbons (Fsp3) is 0.167. The molecule has 3 aromatic rings. The number of anilines is 3. The summed E-state index contributed by atoms with van der Waals surface area (Å²) >= 11 is 0. The van der Waals surface area contributed by atoms with Crippen LogP contribution in [0.1, 0.15) is 13.3 Å². The van der Waals surface area contributed by atoms with Crippen LogP contribution in [0.2, 0.25) is 0 Å². The van der Waals surface area contributed by atoms with Gasteiger partial charge in [-0.15, -0.1) is 0 Å². The summed E-state index contributed by atoms with van der Waals surface area (Å²) in [5.74, 6) is -0.614. The molecular formula is C24H23N3O5S. The molecule has 0 saturated heterocycles. The van der Waals surface area contributed by atoms with Gasteiger partial charge in [0.2, 0.25) is 11.8 Å². The van der Waals surface area contributed by atoms with Crippen LogP contribution in [0.25, 0.3) is 0 Å². The maximum Gasteiger partial charge on any atom is 0.265 e. The first-order valence-corrected chi connectivity index (χ1v) is 11.9. The van der Waals surface area contributed by atoms with Gasteiger partial charge < -0.3 is 15.4 Å². The Labute approximate surface area is 192 Å². The van der Waals surface area contributed by atoms with Gasteiger partial charge in [-0.3, -0.25) is 13.9 Å². The second-order valence-corrected chi connectivity index (χ2v) is 9.13. The first-order valence-electron chi connectivity index (χ1n) is 10.4. The number of hydrogen-bond donors (Lipinski definition) is 2. The van der Waals surface area contributed by atoms with E-state index in [0.29, 0.717) is 29.4 Å². The second-order valence-electron chi connectivity index (χ2n) is 7.32. The molecular weight excluding hydrogens is 442 g/mol. The quantitative estimate of drug-likeness (QED) is 0.554. The summed E-state index contributed by atoms with van der Waals surface area (Å²) in [5.41, 5.74) is 1.10. The Morgan fingerprint density at radius 2 is 1.67 bits per heavy atom. The molecule has 4 rings (SSSR count). The van der Waals surface area contributed by atoms with E-state index in [9.17, 15) is 18.0 Å². The molecule has 2 N–H and O–H groups in total. The number of carbonyl (C=O) groups excluding carboxylic acids is 2.